The molecule has 132 valence electrons. The lowest BCUT2D eigenvalue weighted by Crippen LogP contribution is -2.32. The van der Waals surface area contributed by atoms with Gasteiger partial charge in [-0.2, -0.15) is 0 Å². The molecule has 0 saturated heterocycles. The zero-order valence-corrected chi connectivity index (χ0v) is 15.2. The molecule has 0 bridgehead atoms. The number of hydrogen-bond donors (Lipinski definition) is 0. The lowest BCUT2D eigenvalue weighted by Gasteiger charge is -2.21. The Morgan fingerprint density at radius 1 is 1.04 bits per heavy atom. The number of sulfonamides is 1. The van der Waals surface area contributed by atoms with Gasteiger partial charge in [-0.3, -0.25) is 4.31 Å². The van der Waals surface area contributed by atoms with Crippen molar-refractivity contribution in [1.82, 2.24) is 0 Å². The molecule has 0 amide bonds. The summed E-state index contributed by atoms with van der Waals surface area (Å²) >= 11 is 5.39. The van der Waals surface area contributed by atoms with Crippen molar-refractivity contribution in [2.75, 3.05) is 16.1 Å². The van der Waals surface area contributed by atoms with Crippen LogP contribution in [0.25, 0.3) is 0 Å². The highest BCUT2D eigenvalue weighted by atomic mass is 35.5. The van der Waals surface area contributed by atoms with Gasteiger partial charge in [0.25, 0.3) is 0 Å². The molecular weight excluding hydrogens is 389 g/mol. The molecule has 0 aromatic heterocycles. The number of anilines is 1. The van der Waals surface area contributed by atoms with E-state index in [1.54, 1.807) is 18.2 Å². The largest absolute Gasteiger partial charge is 0.254 e. The van der Waals surface area contributed by atoms with Gasteiger partial charge in [0.2, 0.25) is 19.9 Å². The highest BCUT2D eigenvalue weighted by Crippen LogP contribution is 2.28. The molecule has 0 heterocycles. The van der Waals surface area contributed by atoms with Crippen molar-refractivity contribution in [1.29, 1.82) is 0 Å². The summed E-state index contributed by atoms with van der Waals surface area (Å²) in [5.74, 6) is 1.07. The van der Waals surface area contributed by atoms with Crippen LogP contribution in [0.15, 0.2) is 58.3 Å². The van der Waals surface area contributed by atoms with E-state index in [4.69, 9.17) is 18.0 Å². The van der Waals surface area contributed by atoms with Gasteiger partial charge in [-0.25, -0.2) is 21.2 Å². The predicted octanol–water partition coefficient (Wildman–Crippen LogP) is 2.62. The number of alkyl halides is 1. The van der Waals surface area contributed by atoms with Crippen molar-refractivity contribution < 1.29 is 21.2 Å². The van der Waals surface area contributed by atoms with Gasteiger partial charge in [-0.15, -0.1) is 18.0 Å². The Morgan fingerprint density at radius 2 is 1.68 bits per heavy atom. The maximum Gasteiger partial charge on any atom is 0.250 e. The van der Waals surface area contributed by atoms with Crippen LogP contribution in [-0.2, 0) is 19.9 Å². The van der Waals surface area contributed by atoms with Gasteiger partial charge in [0.1, 0.15) is 11.0 Å². The molecule has 0 unspecified atom stereocenters. The molecule has 0 aliphatic heterocycles. The molecule has 2 rings (SSSR count). The van der Waals surface area contributed by atoms with Gasteiger partial charge in [-0.05, 0) is 30.3 Å². The summed E-state index contributed by atoms with van der Waals surface area (Å²) in [6.45, 7) is -0.434. The molecule has 0 atom stereocenters. The van der Waals surface area contributed by atoms with E-state index in [0.717, 1.165) is 18.2 Å². The predicted molar refractivity (Wildman–Crippen MR) is 94.1 cm³/mol. The standard InChI is InChI=1S/C16H13ClFNO4S2/c1-2-10-19(24(20,21)12-17)16-9-8-14(11-15(16)18)25(22,23)13-6-4-3-5-7-13/h1,3-9,11H,10,12H2. The first-order valence-electron chi connectivity index (χ1n) is 6.83. The van der Waals surface area contributed by atoms with Crippen LogP contribution in [-0.4, -0.2) is 28.6 Å². The van der Waals surface area contributed by atoms with Crippen LogP contribution in [0.4, 0.5) is 10.1 Å². The van der Waals surface area contributed by atoms with Crippen LogP contribution < -0.4 is 4.31 Å². The van der Waals surface area contributed by atoms with Gasteiger partial charge < -0.3 is 0 Å². The molecule has 5 nitrogen and oxygen atoms in total. The maximum absolute atomic E-state index is 14.5. The quantitative estimate of drug-likeness (QED) is 0.551. The molecule has 0 spiro atoms. The van der Waals surface area contributed by atoms with Crippen molar-refractivity contribution in [3.05, 3.63) is 54.3 Å². The molecule has 0 aliphatic rings. The molecule has 0 radical (unpaired) electrons. The summed E-state index contributed by atoms with van der Waals surface area (Å²) in [7, 11) is -7.96. The van der Waals surface area contributed by atoms with E-state index in [2.05, 4.69) is 5.92 Å². The average Bonchev–Trinajstić information content (AvgIpc) is 2.60. The minimum Gasteiger partial charge on any atom is -0.254 e. The Balaban J connectivity index is 2.53. The third kappa shape index (κ3) is 3.95. The maximum atomic E-state index is 14.5. The average molecular weight is 402 g/mol. The number of sulfone groups is 1. The van der Waals surface area contributed by atoms with E-state index < -0.39 is 37.4 Å². The van der Waals surface area contributed by atoms with Gasteiger partial charge in [0.15, 0.2) is 0 Å². The fraction of sp³-hybridized carbons (Fsp3) is 0.125. The first-order valence-corrected chi connectivity index (χ1v) is 10.5. The fourth-order valence-corrected chi connectivity index (χ4v) is 4.55. The molecule has 2 aromatic rings. The van der Waals surface area contributed by atoms with E-state index >= 15 is 0 Å². The van der Waals surface area contributed by atoms with E-state index in [1.165, 1.54) is 12.1 Å². The highest BCUT2D eigenvalue weighted by Gasteiger charge is 2.26. The molecular formula is C16H13ClFNO4S2. The molecule has 0 fully saturated rings. The number of terminal acetylenes is 1. The van der Waals surface area contributed by atoms with Crippen molar-refractivity contribution in [2.24, 2.45) is 0 Å². The zero-order chi connectivity index (χ0) is 18.7. The summed E-state index contributed by atoms with van der Waals surface area (Å²) in [6, 6.07) is 10.4. The van der Waals surface area contributed by atoms with Gasteiger partial charge in [-0.1, -0.05) is 24.1 Å². The minimum absolute atomic E-state index is 0.00369. The van der Waals surface area contributed by atoms with Crippen molar-refractivity contribution in [3.63, 3.8) is 0 Å². The molecule has 2 aromatic carbocycles. The van der Waals surface area contributed by atoms with E-state index in [1.807, 2.05) is 0 Å². The minimum atomic E-state index is -4.03. The summed E-state index contributed by atoms with van der Waals surface area (Å²) in [4.78, 5) is -0.306. The monoisotopic (exact) mass is 401 g/mol. The molecule has 25 heavy (non-hydrogen) atoms. The van der Waals surface area contributed by atoms with E-state index in [9.17, 15) is 21.2 Å². The molecule has 0 saturated carbocycles. The summed E-state index contributed by atoms with van der Waals surface area (Å²) in [5.41, 5.74) is -0.370. The van der Waals surface area contributed by atoms with Crippen LogP contribution in [0.2, 0.25) is 0 Å². The fourth-order valence-electron chi connectivity index (χ4n) is 2.07. The first kappa shape index (κ1) is 19.2. The topological polar surface area (TPSA) is 71.5 Å². The number of benzene rings is 2. The van der Waals surface area contributed by atoms with Crippen LogP contribution in [0.1, 0.15) is 0 Å². The smallest absolute Gasteiger partial charge is 0.250 e. The van der Waals surface area contributed by atoms with Crippen molar-refractivity contribution >= 4 is 37.1 Å². The van der Waals surface area contributed by atoms with Crippen molar-refractivity contribution in [2.45, 2.75) is 9.79 Å². The van der Waals surface area contributed by atoms with Crippen molar-refractivity contribution in [3.8, 4) is 12.3 Å². The Labute approximate surface area is 151 Å². The third-order valence-corrected chi connectivity index (χ3v) is 7.13. The normalized spacial score (nSPS) is 11.7. The molecule has 0 N–H and O–H groups in total. The second-order valence-corrected chi connectivity index (χ2v) is 9.29. The van der Waals surface area contributed by atoms with Gasteiger partial charge in [0.05, 0.1) is 22.0 Å². The van der Waals surface area contributed by atoms with Crippen LogP contribution >= 0.6 is 11.6 Å². The Hall–Kier alpha value is -2.08. The van der Waals surface area contributed by atoms with Gasteiger partial charge in [0, 0.05) is 0 Å². The number of rotatable bonds is 6. The second kappa shape index (κ2) is 7.44. The van der Waals surface area contributed by atoms with E-state index in [0.29, 0.717) is 4.31 Å². The number of halogens is 2. The lowest BCUT2D eigenvalue weighted by molar-refractivity contribution is 0.588. The summed E-state index contributed by atoms with van der Waals surface area (Å²) < 4.78 is 64.0. The molecule has 9 heteroatoms. The summed E-state index contributed by atoms with van der Waals surface area (Å²) in [6.07, 6.45) is 5.13. The van der Waals surface area contributed by atoms with Crippen LogP contribution in [0, 0.1) is 18.2 Å². The number of hydrogen-bond acceptors (Lipinski definition) is 4. The zero-order valence-electron chi connectivity index (χ0n) is 12.8. The Bertz CT molecular complexity index is 1020. The Morgan fingerprint density at radius 3 is 2.20 bits per heavy atom. The third-order valence-electron chi connectivity index (χ3n) is 3.26. The van der Waals surface area contributed by atoms with Crippen LogP contribution in [0.5, 0.6) is 0 Å². The van der Waals surface area contributed by atoms with Gasteiger partial charge >= 0.3 is 0 Å². The lowest BCUT2D eigenvalue weighted by atomic mass is 10.3. The second-order valence-electron chi connectivity index (χ2n) is 4.86. The summed E-state index contributed by atoms with van der Waals surface area (Å²) in [5, 5.41) is -0.793. The number of nitrogens with zero attached hydrogens (tertiary/aromatic N) is 1. The van der Waals surface area contributed by atoms with E-state index in [-0.39, 0.29) is 15.5 Å². The van der Waals surface area contributed by atoms with Crippen LogP contribution in [0.3, 0.4) is 0 Å². The Kier molecular flexibility index (Phi) is 5.72. The first-order chi connectivity index (χ1) is 11.7. The highest BCUT2D eigenvalue weighted by molar-refractivity contribution is 7.93. The SMILES string of the molecule is C#CCN(c1ccc(S(=O)(=O)c2ccccc2)cc1F)S(=O)(=O)CCl. The molecule has 0 aliphatic carbocycles.